The maximum absolute atomic E-state index is 5.61. The number of nitrogens with zero attached hydrogens (tertiary/aromatic N) is 1. The van der Waals surface area contributed by atoms with Crippen LogP contribution in [0.2, 0.25) is 0 Å². The van der Waals surface area contributed by atoms with Crippen molar-refractivity contribution in [2.45, 2.75) is 18.9 Å². The Balaban J connectivity index is 2.31. The summed E-state index contributed by atoms with van der Waals surface area (Å²) in [6.07, 6.45) is 2.19. The number of likely N-dealkylation sites (N-methyl/N-ethyl adjacent to an activating group) is 1. The van der Waals surface area contributed by atoms with E-state index in [-0.39, 0.29) is 0 Å². The van der Waals surface area contributed by atoms with Crippen LogP contribution in [0.5, 0.6) is 0 Å². The van der Waals surface area contributed by atoms with Gasteiger partial charge in [0.25, 0.3) is 0 Å². The maximum Gasteiger partial charge on any atom is 0.0543 e. The standard InChI is InChI=1S/C11H15BrN2/c1-14-9(5-6-13)7-8-3-2-4-10(12)11(8)14/h2-4,9H,5-7,13H2,1H3. The molecule has 1 heterocycles. The summed E-state index contributed by atoms with van der Waals surface area (Å²) in [6.45, 7) is 0.764. The topological polar surface area (TPSA) is 29.3 Å². The van der Waals surface area contributed by atoms with Gasteiger partial charge in [-0.2, -0.15) is 0 Å². The molecule has 0 amide bonds. The first kappa shape index (κ1) is 9.99. The predicted octanol–water partition coefficient (Wildman–Crippen LogP) is 2.16. The molecule has 2 nitrogen and oxygen atoms in total. The van der Waals surface area contributed by atoms with Crippen LogP contribution >= 0.6 is 15.9 Å². The van der Waals surface area contributed by atoms with E-state index in [0.29, 0.717) is 6.04 Å². The molecular formula is C11H15BrN2. The van der Waals surface area contributed by atoms with Crippen molar-refractivity contribution in [3.63, 3.8) is 0 Å². The van der Waals surface area contributed by atoms with E-state index in [1.807, 2.05) is 0 Å². The Kier molecular flexibility index (Phi) is 2.79. The Labute approximate surface area is 93.2 Å². The van der Waals surface area contributed by atoms with Crippen molar-refractivity contribution >= 4 is 21.6 Å². The van der Waals surface area contributed by atoms with Gasteiger partial charge in [0.15, 0.2) is 0 Å². The molecule has 3 heteroatoms. The van der Waals surface area contributed by atoms with Gasteiger partial charge in [0.2, 0.25) is 0 Å². The largest absolute Gasteiger partial charge is 0.370 e. The second-order valence-corrected chi connectivity index (χ2v) is 4.65. The van der Waals surface area contributed by atoms with Crippen LogP contribution in [-0.2, 0) is 6.42 Å². The smallest absolute Gasteiger partial charge is 0.0543 e. The Morgan fingerprint density at radius 1 is 1.57 bits per heavy atom. The first-order chi connectivity index (χ1) is 6.74. The van der Waals surface area contributed by atoms with Gasteiger partial charge in [-0.3, -0.25) is 0 Å². The van der Waals surface area contributed by atoms with E-state index in [1.165, 1.54) is 15.7 Å². The molecule has 1 aliphatic heterocycles. The molecule has 0 bridgehead atoms. The van der Waals surface area contributed by atoms with Gasteiger partial charge in [-0.15, -0.1) is 0 Å². The van der Waals surface area contributed by atoms with Crippen molar-refractivity contribution in [3.05, 3.63) is 28.2 Å². The number of anilines is 1. The molecule has 76 valence electrons. The number of hydrogen-bond donors (Lipinski definition) is 1. The number of benzene rings is 1. The Morgan fingerprint density at radius 2 is 2.36 bits per heavy atom. The first-order valence-electron chi connectivity index (χ1n) is 4.94. The molecule has 0 saturated carbocycles. The van der Waals surface area contributed by atoms with Crippen LogP contribution < -0.4 is 10.6 Å². The van der Waals surface area contributed by atoms with E-state index in [1.54, 1.807) is 0 Å². The second kappa shape index (κ2) is 3.91. The van der Waals surface area contributed by atoms with E-state index >= 15 is 0 Å². The second-order valence-electron chi connectivity index (χ2n) is 3.79. The quantitative estimate of drug-likeness (QED) is 0.877. The highest BCUT2D eigenvalue weighted by atomic mass is 79.9. The van der Waals surface area contributed by atoms with Crippen molar-refractivity contribution in [1.29, 1.82) is 0 Å². The van der Waals surface area contributed by atoms with Crippen LogP contribution in [0, 0.1) is 0 Å². The van der Waals surface area contributed by atoms with Crippen LogP contribution in [0.25, 0.3) is 0 Å². The maximum atomic E-state index is 5.61. The molecule has 1 aliphatic rings. The lowest BCUT2D eigenvalue weighted by molar-refractivity contribution is 0.616. The van der Waals surface area contributed by atoms with E-state index in [2.05, 4.69) is 46.1 Å². The van der Waals surface area contributed by atoms with Gasteiger partial charge in [0.05, 0.1) is 5.69 Å². The minimum atomic E-state index is 0.577. The number of fused-ring (bicyclic) bond motifs is 1. The van der Waals surface area contributed by atoms with Gasteiger partial charge in [0.1, 0.15) is 0 Å². The SMILES string of the molecule is CN1c2c(Br)cccc2CC1CCN. The summed E-state index contributed by atoms with van der Waals surface area (Å²) in [5.74, 6) is 0. The minimum absolute atomic E-state index is 0.577. The molecule has 0 saturated heterocycles. The highest BCUT2D eigenvalue weighted by Gasteiger charge is 2.26. The lowest BCUT2D eigenvalue weighted by Crippen LogP contribution is -2.30. The fourth-order valence-electron chi connectivity index (χ4n) is 2.18. The van der Waals surface area contributed by atoms with Gasteiger partial charge in [-0.05, 0) is 46.9 Å². The fourth-order valence-corrected chi connectivity index (χ4v) is 2.87. The molecule has 0 fully saturated rings. The molecule has 2 rings (SSSR count). The lowest BCUT2D eigenvalue weighted by atomic mass is 10.1. The minimum Gasteiger partial charge on any atom is -0.370 e. The number of rotatable bonds is 2. The van der Waals surface area contributed by atoms with Crippen molar-refractivity contribution in [3.8, 4) is 0 Å². The zero-order chi connectivity index (χ0) is 10.1. The van der Waals surface area contributed by atoms with Gasteiger partial charge in [-0.25, -0.2) is 0 Å². The summed E-state index contributed by atoms with van der Waals surface area (Å²) >= 11 is 3.59. The summed E-state index contributed by atoms with van der Waals surface area (Å²) < 4.78 is 1.19. The average molecular weight is 255 g/mol. The highest BCUT2D eigenvalue weighted by molar-refractivity contribution is 9.10. The third-order valence-corrected chi connectivity index (χ3v) is 3.57. The van der Waals surface area contributed by atoms with Crippen LogP contribution in [0.15, 0.2) is 22.7 Å². The molecule has 1 unspecified atom stereocenters. The summed E-state index contributed by atoms with van der Waals surface area (Å²) in [4.78, 5) is 2.34. The molecule has 14 heavy (non-hydrogen) atoms. The fraction of sp³-hybridized carbons (Fsp3) is 0.455. The summed E-state index contributed by atoms with van der Waals surface area (Å²) in [7, 11) is 2.15. The van der Waals surface area contributed by atoms with Gasteiger partial charge in [-0.1, -0.05) is 12.1 Å². The van der Waals surface area contributed by atoms with Crippen LogP contribution in [-0.4, -0.2) is 19.6 Å². The van der Waals surface area contributed by atoms with Crippen LogP contribution in [0.3, 0.4) is 0 Å². The Bertz CT molecular complexity index is 338. The van der Waals surface area contributed by atoms with Gasteiger partial charge in [0, 0.05) is 17.6 Å². The Morgan fingerprint density at radius 3 is 3.00 bits per heavy atom. The third-order valence-electron chi connectivity index (χ3n) is 2.93. The predicted molar refractivity (Wildman–Crippen MR) is 63.7 cm³/mol. The molecule has 1 aromatic rings. The molecule has 1 atom stereocenters. The lowest BCUT2D eigenvalue weighted by Gasteiger charge is -2.22. The molecule has 0 spiro atoms. The summed E-state index contributed by atoms with van der Waals surface area (Å²) in [6, 6.07) is 6.98. The number of hydrogen-bond acceptors (Lipinski definition) is 2. The zero-order valence-electron chi connectivity index (χ0n) is 8.33. The molecule has 0 aromatic heterocycles. The molecule has 2 N–H and O–H groups in total. The first-order valence-corrected chi connectivity index (χ1v) is 5.73. The van der Waals surface area contributed by atoms with Crippen molar-refractivity contribution in [2.24, 2.45) is 5.73 Å². The van der Waals surface area contributed by atoms with E-state index in [4.69, 9.17) is 5.73 Å². The van der Waals surface area contributed by atoms with Crippen LogP contribution in [0.4, 0.5) is 5.69 Å². The van der Waals surface area contributed by atoms with Crippen molar-refractivity contribution in [2.75, 3.05) is 18.5 Å². The van der Waals surface area contributed by atoms with Crippen molar-refractivity contribution < 1.29 is 0 Å². The summed E-state index contributed by atoms with van der Waals surface area (Å²) in [5.41, 5.74) is 8.37. The van der Waals surface area contributed by atoms with Crippen LogP contribution in [0.1, 0.15) is 12.0 Å². The number of nitrogens with two attached hydrogens (primary N) is 1. The number of halogens is 1. The van der Waals surface area contributed by atoms with E-state index < -0.39 is 0 Å². The highest BCUT2D eigenvalue weighted by Crippen LogP contribution is 2.37. The van der Waals surface area contributed by atoms with E-state index in [0.717, 1.165) is 19.4 Å². The third kappa shape index (κ3) is 1.55. The monoisotopic (exact) mass is 254 g/mol. The molecular weight excluding hydrogens is 240 g/mol. The average Bonchev–Trinajstić information content (AvgIpc) is 2.46. The summed E-state index contributed by atoms with van der Waals surface area (Å²) in [5, 5.41) is 0. The van der Waals surface area contributed by atoms with Crippen molar-refractivity contribution in [1.82, 2.24) is 0 Å². The normalized spacial score (nSPS) is 19.9. The van der Waals surface area contributed by atoms with E-state index in [9.17, 15) is 0 Å². The molecule has 1 aromatic carbocycles. The number of para-hydroxylation sites is 1. The zero-order valence-corrected chi connectivity index (χ0v) is 9.92. The molecule has 0 radical (unpaired) electrons. The van der Waals surface area contributed by atoms with Gasteiger partial charge >= 0.3 is 0 Å². The molecule has 0 aliphatic carbocycles. The van der Waals surface area contributed by atoms with Gasteiger partial charge < -0.3 is 10.6 Å². The Hall–Kier alpha value is -0.540.